The summed E-state index contributed by atoms with van der Waals surface area (Å²) in [6, 6.07) is 7.33. The van der Waals surface area contributed by atoms with Crippen molar-refractivity contribution in [3.63, 3.8) is 0 Å². The van der Waals surface area contributed by atoms with Gasteiger partial charge in [0, 0.05) is 18.7 Å². The Hall–Kier alpha value is -2.37. The zero-order valence-corrected chi connectivity index (χ0v) is 19.1. The number of piperidine rings is 1. The highest BCUT2D eigenvalue weighted by Crippen LogP contribution is 2.31. The van der Waals surface area contributed by atoms with E-state index in [1.165, 1.54) is 0 Å². The molecular weight excluding hydrogens is 382 g/mol. The van der Waals surface area contributed by atoms with Crippen LogP contribution in [0.2, 0.25) is 0 Å². The van der Waals surface area contributed by atoms with Gasteiger partial charge in [-0.2, -0.15) is 0 Å². The molecule has 0 aliphatic carbocycles. The van der Waals surface area contributed by atoms with Crippen LogP contribution in [0.25, 0.3) is 0 Å². The molecule has 2 rings (SSSR count). The molecule has 0 spiro atoms. The van der Waals surface area contributed by atoms with Crippen molar-refractivity contribution in [2.75, 3.05) is 13.1 Å². The molecule has 1 aliphatic rings. The fourth-order valence-electron chi connectivity index (χ4n) is 3.68. The Morgan fingerprint density at radius 3 is 2.20 bits per heavy atom. The van der Waals surface area contributed by atoms with E-state index in [9.17, 15) is 14.4 Å². The molecule has 6 heteroatoms. The van der Waals surface area contributed by atoms with Crippen molar-refractivity contribution in [1.29, 1.82) is 0 Å². The maximum Gasteiger partial charge on any atom is 0.410 e. The number of hydrogen-bond acceptors (Lipinski definition) is 5. The normalized spacial score (nSPS) is 16.7. The Labute approximate surface area is 179 Å². The van der Waals surface area contributed by atoms with Crippen molar-refractivity contribution in [3.8, 4) is 0 Å². The first-order valence-corrected chi connectivity index (χ1v) is 10.6. The molecule has 0 N–H and O–H groups in total. The average Bonchev–Trinajstić information content (AvgIpc) is 2.63. The lowest BCUT2D eigenvalue weighted by molar-refractivity contribution is -0.162. The highest BCUT2D eigenvalue weighted by Gasteiger charge is 2.36. The zero-order chi connectivity index (χ0) is 22.5. The number of aldehydes is 1. The molecule has 1 atom stereocenters. The quantitative estimate of drug-likeness (QED) is 0.515. The molecule has 166 valence electrons. The van der Waals surface area contributed by atoms with Gasteiger partial charge >= 0.3 is 12.1 Å². The number of amides is 1. The molecule has 0 saturated carbocycles. The van der Waals surface area contributed by atoms with Gasteiger partial charge in [0.2, 0.25) is 0 Å². The fraction of sp³-hybridized carbons (Fsp3) is 0.625. The van der Waals surface area contributed by atoms with E-state index in [0.29, 0.717) is 37.9 Å². The largest absolute Gasteiger partial charge is 0.460 e. The van der Waals surface area contributed by atoms with E-state index in [1.807, 2.05) is 59.7 Å². The summed E-state index contributed by atoms with van der Waals surface area (Å²) in [4.78, 5) is 38.2. The summed E-state index contributed by atoms with van der Waals surface area (Å²) >= 11 is 0. The van der Waals surface area contributed by atoms with Crippen molar-refractivity contribution >= 4 is 18.3 Å². The number of hydrogen-bond donors (Lipinski definition) is 0. The molecule has 0 radical (unpaired) electrons. The van der Waals surface area contributed by atoms with Crippen molar-refractivity contribution in [3.05, 3.63) is 35.4 Å². The summed E-state index contributed by atoms with van der Waals surface area (Å²) in [5, 5.41) is 0. The summed E-state index contributed by atoms with van der Waals surface area (Å²) in [5.41, 5.74) is 0.425. The van der Waals surface area contributed by atoms with Gasteiger partial charge in [-0.1, -0.05) is 18.2 Å². The Balaban J connectivity index is 2.12. The third kappa shape index (κ3) is 7.47. The summed E-state index contributed by atoms with van der Waals surface area (Å²) < 4.78 is 11.2. The molecule has 1 heterocycles. The summed E-state index contributed by atoms with van der Waals surface area (Å²) in [6.07, 6.45) is 2.42. The van der Waals surface area contributed by atoms with Gasteiger partial charge in [0.05, 0.1) is 5.92 Å². The van der Waals surface area contributed by atoms with E-state index >= 15 is 0 Å². The highest BCUT2D eigenvalue weighted by molar-refractivity contribution is 5.76. The van der Waals surface area contributed by atoms with E-state index < -0.39 is 11.2 Å². The first kappa shape index (κ1) is 23.9. The Morgan fingerprint density at radius 2 is 1.67 bits per heavy atom. The summed E-state index contributed by atoms with van der Waals surface area (Å²) in [5.74, 6) is -0.458. The van der Waals surface area contributed by atoms with Crippen LogP contribution >= 0.6 is 0 Å². The maximum atomic E-state index is 13.0. The maximum absolute atomic E-state index is 13.0. The van der Waals surface area contributed by atoms with Crippen LogP contribution in [-0.2, 0) is 20.7 Å². The Kier molecular flexibility index (Phi) is 7.67. The van der Waals surface area contributed by atoms with Crippen LogP contribution in [0.5, 0.6) is 0 Å². The molecule has 6 nitrogen and oxygen atoms in total. The number of likely N-dealkylation sites (tertiary alicyclic amines) is 1. The van der Waals surface area contributed by atoms with E-state index in [1.54, 1.807) is 11.0 Å². The van der Waals surface area contributed by atoms with Gasteiger partial charge in [0.15, 0.2) is 0 Å². The highest BCUT2D eigenvalue weighted by atomic mass is 16.6. The summed E-state index contributed by atoms with van der Waals surface area (Å²) in [7, 11) is 0. The molecule has 1 aromatic rings. The third-order valence-electron chi connectivity index (χ3n) is 5.01. The topological polar surface area (TPSA) is 72.9 Å². The second-order valence-corrected chi connectivity index (χ2v) is 10.0. The Bertz CT molecular complexity index is 752. The molecule has 1 aromatic carbocycles. The molecule has 1 fully saturated rings. The molecule has 1 saturated heterocycles. The van der Waals surface area contributed by atoms with E-state index in [-0.39, 0.29) is 23.9 Å². The van der Waals surface area contributed by atoms with Gasteiger partial charge in [-0.25, -0.2) is 4.79 Å². The van der Waals surface area contributed by atoms with Crippen LogP contribution < -0.4 is 0 Å². The number of carbonyl (C=O) groups excluding carboxylic acids is 3. The number of nitrogens with zero attached hydrogens (tertiary/aromatic N) is 1. The van der Waals surface area contributed by atoms with E-state index in [0.717, 1.165) is 11.8 Å². The first-order chi connectivity index (χ1) is 13.9. The van der Waals surface area contributed by atoms with Crippen molar-refractivity contribution in [2.45, 2.75) is 72.0 Å². The average molecular weight is 418 g/mol. The SMILES string of the molecule is CC(C)(C)OC(=O)C(Cc1cccc(C=O)c1)C1CCN(C(=O)OC(C)(C)C)CC1. The van der Waals surface area contributed by atoms with Gasteiger partial charge in [-0.3, -0.25) is 9.59 Å². The van der Waals surface area contributed by atoms with Crippen LogP contribution in [0.15, 0.2) is 24.3 Å². The second-order valence-electron chi connectivity index (χ2n) is 10.0. The molecule has 0 aromatic heterocycles. The van der Waals surface area contributed by atoms with E-state index in [2.05, 4.69) is 0 Å². The predicted molar refractivity (Wildman–Crippen MR) is 115 cm³/mol. The van der Waals surface area contributed by atoms with Gasteiger partial charge < -0.3 is 14.4 Å². The lowest BCUT2D eigenvalue weighted by atomic mass is 9.80. The van der Waals surface area contributed by atoms with Crippen LogP contribution in [0.4, 0.5) is 4.79 Å². The minimum Gasteiger partial charge on any atom is -0.460 e. The number of rotatable bonds is 5. The minimum absolute atomic E-state index is 0.0958. The van der Waals surface area contributed by atoms with Crippen LogP contribution in [-0.4, -0.2) is 47.5 Å². The molecule has 30 heavy (non-hydrogen) atoms. The monoisotopic (exact) mass is 417 g/mol. The fourth-order valence-corrected chi connectivity index (χ4v) is 3.68. The lowest BCUT2D eigenvalue weighted by Crippen LogP contribution is -2.44. The van der Waals surface area contributed by atoms with Gasteiger partial charge in [0.1, 0.15) is 17.5 Å². The predicted octanol–water partition coefficient (Wildman–Crippen LogP) is 4.65. The smallest absolute Gasteiger partial charge is 0.410 e. The minimum atomic E-state index is -0.572. The molecule has 0 bridgehead atoms. The van der Waals surface area contributed by atoms with Crippen LogP contribution in [0, 0.1) is 11.8 Å². The van der Waals surface area contributed by atoms with Gasteiger partial charge in [-0.05, 0) is 78.4 Å². The van der Waals surface area contributed by atoms with Crippen molar-refractivity contribution in [1.82, 2.24) is 4.90 Å². The summed E-state index contributed by atoms with van der Waals surface area (Å²) in [6.45, 7) is 12.2. The molecular formula is C24H35NO5. The number of esters is 1. The molecule has 1 unspecified atom stereocenters. The first-order valence-electron chi connectivity index (χ1n) is 10.6. The third-order valence-corrected chi connectivity index (χ3v) is 5.01. The number of ether oxygens (including phenoxy) is 2. The van der Waals surface area contributed by atoms with Gasteiger partial charge in [0.25, 0.3) is 0 Å². The van der Waals surface area contributed by atoms with Crippen molar-refractivity contribution < 1.29 is 23.9 Å². The standard InChI is InChI=1S/C24H35NO5/c1-23(2,3)29-21(27)20(15-17-8-7-9-18(14-17)16-26)19-10-12-25(13-11-19)22(28)30-24(4,5)6/h7-9,14,16,19-20H,10-13,15H2,1-6H3. The van der Waals surface area contributed by atoms with Crippen LogP contribution in [0.1, 0.15) is 70.3 Å². The molecule has 1 aliphatic heterocycles. The number of carbonyl (C=O) groups is 3. The Morgan fingerprint density at radius 1 is 1.07 bits per heavy atom. The lowest BCUT2D eigenvalue weighted by Gasteiger charge is -2.36. The van der Waals surface area contributed by atoms with Crippen LogP contribution in [0.3, 0.4) is 0 Å². The van der Waals surface area contributed by atoms with Crippen molar-refractivity contribution in [2.24, 2.45) is 11.8 Å². The zero-order valence-electron chi connectivity index (χ0n) is 19.1. The van der Waals surface area contributed by atoms with E-state index in [4.69, 9.17) is 9.47 Å². The van der Waals surface area contributed by atoms with Gasteiger partial charge in [-0.15, -0.1) is 0 Å². The second kappa shape index (κ2) is 9.63. The number of benzene rings is 1. The molecule has 1 amide bonds.